The summed E-state index contributed by atoms with van der Waals surface area (Å²) < 4.78 is 21.8. The Labute approximate surface area is 196 Å². The molecule has 0 saturated heterocycles. The number of anilines is 2. The summed E-state index contributed by atoms with van der Waals surface area (Å²) in [5.74, 6) is -1.37. The van der Waals surface area contributed by atoms with E-state index in [0.29, 0.717) is 14.9 Å². The number of aromatic hydroxyl groups is 1. The second-order valence-electron chi connectivity index (χ2n) is 7.22. The second-order valence-corrected chi connectivity index (χ2v) is 8.46. The molecule has 2 aromatic carbocycles. The number of aliphatic hydroxyl groups is 1. The molecule has 10 heteroatoms. The van der Waals surface area contributed by atoms with Crippen molar-refractivity contribution in [3.8, 4) is 11.5 Å². The van der Waals surface area contributed by atoms with E-state index in [0.717, 1.165) is 20.4 Å². The van der Waals surface area contributed by atoms with Gasteiger partial charge in [0.05, 0.1) is 19.3 Å². The molecule has 1 aliphatic rings. The highest BCUT2D eigenvalue weighted by molar-refractivity contribution is 14.1. The van der Waals surface area contributed by atoms with Gasteiger partial charge in [0.15, 0.2) is 0 Å². The molecule has 32 heavy (non-hydrogen) atoms. The van der Waals surface area contributed by atoms with Crippen LogP contribution in [-0.4, -0.2) is 39.0 Å². The van der Waals surface area contributed by atoms with E-state index >= 15 is 0 Å². The van der Waals surface area contributed by atoms with Gasteiger partial charge in [0, 0.05) is 16.7 Å². The first kappa shape index (κ1) is 22.1. The fourth-order valence-corrected chi connectivity index (χ4v) is 4.11. The van der Waals surface area contributed by atoms with Crippen molar-refractivity contribution in [2.75, 3.05) is 12.0 Å². The summed E-state index contributed by atoms with van der Waals surface area (Å²) in [5.41, 5.74) is -0.189. The summed E-state index contributed by atoms with van der Waals surface area (Å²) in [4.78, 5) is 27.9. The summed E-state index contributed by atoms with van der Waals surface area (Å²) >= 11 is 1.95. The molecule has 0 radical (unpaired) electrons. The van der Waals surface area contributed by atoms with Crippen LogP contribution in [0.1, 0.15) is 15.9 Å². The summed E-state index contributed by atoms with van der Waals surface area (Å²) in [6.07, 6.45) is -1.64. The Morgan fingerprint density at radius 1 is 1.12 bits per heavy atom. The normalized spacial score (nSPS) is 15.7. The Kier molecular flexibility index (Phi) is 5.82. The molecule has 166 valence electrons. The second kappa shape index (κ2) is 8.43. The van der Waals surface area contributed by atoms with Crippen LogP contribution >= 0.6 is 22.6 Å². The number of halogens is 2. The zero-order chi connectivity index (χ0) is 23.2. The minimum atomic E-state index is -1.64. The van der Waals surface area contributed by atoms with Crippen molar-refractivity contribution in [1.82, 2.24) is 9.47 Å². The monoisotopic (exact) mass is 551 g/mol. The largest absolute Gasteiger partial charge is 0.507 e. The highest BCUT2D eigenvalue weighted by Gasteiger charge is 2.42. The molecule has 1 atom stereocenters. The van der Waals surface area contributed by atoms with Gasteiger partial charge in [0.2, 0.25) is 6.35 Å². The number of benzene rings is 2. The minimum Gasteiger partial charge on any atom is -0.507 e. The quantitative estimate of drug-likeness (QED) is 0.485. The molecule has 4 rings (SSSR count). The maximum atomic E-state index is 14.9. The first-order valence-electron chi connectivity index (χ1n) is 9.52. The first-order valence-corrected chi connectivity index (χ1v) is 10.6. The molecular weight excluding hydrogens is 532 g/mol. The van der Waals surface area contributed by atoms with Crippen molar-refractivity contribution in [3.05, 3.63) is 79.4 Å². The number of aliphatic hydroxyl groups excluding tert-OH is 1. The van der Waals surface area contributed by atoms with Crippen LogP contribution in [0.5, 0.6) is 11.5 Å². The lowest BCUT2D eigenvalue weighted by molar-refractivity contribution is 0.00196. The predicted octanol–water partition coefficient (Wildman–Crippen LogP) is 2.91. The van der Waals surface area contributed by atoms with Gasteiger partial charge in [0.25, 0.3) is 11.5 Å². The number of methoxy groups -OCH3 is 1. The first-order chi connectivity index (χ1) is 15.2. The van der Waals surface area contributed by atoms with E-state index in [4.69, 9.17) is 4.74 Å². The Morgan fingerprint density at radius 3 is 2.44 bits per heavy atom. The maximum absolute atomic E-state index is 14.9. The van der Waals surface area contributed by atoms with E-state index < -0.39 is 29.4 Å². The molecule has 0 saturated carbocycles. The molecule has 2 heterocycles. The number of rotatable bonds is 4. The molecule has 1 unspecified atom stereocenters. The molecule has 0 spiro atoms. The van der Waals surface area contributed by atoms with Gasteiger partial charge in [-0.15, -0.1) is 0 Å². The van der Waals surface area contributed by atoms with Gasteiger partial charge in [-0.3, -0.25) is 24.0 Å². The van der Waals surface area contributed by atoms with E-state index in [1.165, 1.54) is 26.3 Å². The van der Waals surface area contributed by atoms with Gasteiger partial charge in [-0.1, -0.05) is 12.1 Å². The average Bonchev–Trinajstić information content (AvgIpc) is 2.76. The number of aromatic nitrogens is 1. The molecule has 1 amide bonds. The zero-order valence-corrected chi connectivity index (χ0v) is 19.3. The number of fused-ring (bicyclic) bond motifs is 1. The summed E-state index contributed by atoms with van der Waals surface area (Å²) in [7, 11) is 2.92. The number of carbonyl (C=O) groups is 1. The number of nitrogens with zero attached hydrogens (tertiary/aromatic N) is 3. The van der Waals surface area contributed by atoms with Gasteiger partial charge in [-0.05, 0) is 58.5 Å². The van der Waals surface area contributed by atoms with Crippen molar-refractivity contribution in [2.24, 2.45) is 7.05 Å². The standard InChI is InChI=1S/C22H19FIN3O5/c1-25-18(29)10-17(28)19-20(25)27(16-8-5-13(24)9-15(16)23)22(31)26(21(19)30)11-12-3-6-14(32-2)7-4-12/h3-10,22,28,31H,11H2,1-2H3. The topological polar surface area (TPSA) is 95.2 Å². The third-order valence-corrected chi connectivity index (χ3v) is 5.95. The predicted molar refractivity (Wildman–Crippen MR) is 123 cm³/mol. The molecule has 1 aromatic heterocycles. The Balaban J connectivity index is 1.89. The molecule has 1 aliphatic heterocycles. The lowest BCUT2D eigenvalue weighted by atomic mass is 10.1. The number of pyridine rings is 1. The van der Waals surface area contributed by atoms with Crippen molar-refractivity contribution in [3.63, 3.8) is 0 Å². The highest BCUT2D eigenvalue weighted by atomic mass is 127. The molecule has 0 fully saturated rings. The summed E-state index contributed by atoms with van der Waals surface area (Å²) in [6, 6.07) is 12.1. The van der Waals surface area contributed by atoms with Crippen LogP contribution in [-0.2, 0) is 13.6 Å². The Morgan fingerprint density at radius 2 is 1.81 bits per heavy atom. The van der Waals surface area contributed by atoms with Crippen LogP contribution in [0.15, 0.2) is 53.3 Å². The van der Waals surface area contributed by atoms with Gasteiger partial charge in [-0.25, -0.2) is 4.39 Å². The fourth-order valence-electron chi connectivity index (χ4n) is 3.65. The number of carbonyl (C=O) groups excluding carboxylic acids is 1. The maximum Gasteiger partial charge on any atom is 0.265 e. The van der Waals surface area contributed by atoms with Crippen LogP contribution in [0.25, 0.3) is 0 Å². The lowest BCUT2D eigenvalue weighted by Gasteiger charge is -2.43. The van der Waals surface area contributed by atoms with Gasteiger partial charge < -0.3 is 14.9 Å². The molecule has 8 nitrogen and oxygen atoms in total. The van der Waals surface area contributed by atoms with Crippen molar-refractivity contribution >= 4 is 40.0 Å². The molecule has 3 aromatic rings. The summed E-state index contributed by atoms with van der Waals surface area (Å²) in [5, 5.41) is 21.7. The SMILES string of the molecule is COc1ccc(CN2C(=O)c3c(O)cc(=O)n(C)c3N(c3ccc(I)cc3F)C2O)cc1. The zero-order valence-electron chi connectivity index (χ0n) is 17.1. The van der Waals surface area contributed by atoms with Gasteiger partial charge >= 0.3 is 0 Å². The lowest BCUT2D eigenvalue weighted by Crippen LogP contribution is -2.54. The molecule has 0 aliphatic carbocycles. The minimum absolute atomic E-state index is 0.0335. The van der Waals surface area contributed by atoms with Crippen LogP contribution < -0.4 is 15.2 Å². The average molecular weight is 551 g/mol. The third-order valence-electron chi connectivity index (χ3n) is 5.28. The fraction of sp³-hybridized carbons (Fsp3) is 0.182. The van der Waals surface area contributed by atoms with E-state index in [-0.39, 0.29) is 23.6 Å². The molecule has 0 bridgehead atoms. The van der Waals surface area contributed by atoms with Crippen molar-refractivity contribution in [1.29, 1.82) is 0 Å². The Hall–Kier alpha value is -3.12. The van der Waals surface area contributed by atoms with Crippen LogP contribution in [0.2, 0.25) is 0 Å². The van der Waals surface area contributed by atoms with Gasteiger partial charge in [-0.2, -0.15) is 0 Å². The van der Waals surface area contributed by atoms with E-state index in [1.54, 1.807) is 30.3 Å². The number of hydrogen-bond donors (Lipinski definition) is 2. The number of ether oxygens (including phenoxy) is 1. The third kappa shape index (κ3) is 3.69. The van der Waals surface area contributed by atoms with E-state index in [9.17, 15) is 24.2 Å². The van der Waals surface area contributed by atoms with Crippen molar-refractivity contribution < 1.29 is 24.1 Å². The van der Waals surface area contributed by atoms with E-state index in [2.05, 4.69) is 0 Å². The van der Waals surface area contributed by atoms with Crippen LogP contribution in [0.3, 0.4) is 0 Å². The molecule has 2 N–H and O–H groups in total. The van der Waals surface area contributed by atoms with Crippen molar-refractivity contribution in [2.45, 2.75) is 12.9 Å². The van der Waals surface area contributed by atoms with E-state index in [1.807, 2.05) is 22.6 Å². The summed E-state index contributed by atoms with van der Waals surface area (Å²) in [6.45, 7) is -0.0335. The highest BCUT2D eigenvalue weighted by Crippen LogP contribution is 2.40. The van der Waals surface area contributed by atoms with Crippen LogP contribution in [0, 0.1) is 9.39 Å². The number of amides is 1. The smallest absolute Gasteiger partial charge is 0.265 e. The Bertz CT molecular complexity index is 1260. The van der Waals surface area contributed by atoms with Gasteiger partial charge in [0.1, 0.15) is 28.7 Å². The molecular formula is C22H19FIN3O5. The number of hydrogen-bond acceptors (Lipinski definition) is 6. The van der Waals surface area contributed by atoms with Crippen LogP contribution in [0.4, 0.5) is 15.9 Å².